The van der Waals surface area contributed by atoms with Crippen molar-refractivity contribution >= 4 is 23.3 Å². The average Bonchev–Trinajstić information content (AvgIpc) is 2.87. The lowest BCUT2D eigenvalue weighted by Crippen LogP contribution is -2.34. The number of nitro benzene ring substituents is 1. The van der Waals surface area contributed by atoms with Gasteiger partial charge in [0.25, 0.3) is 11.6 Å². The average molecular weight is 363 g/mol. The number of hydrogen-bond donors (Lipinski definition) is 1. The van der Waals surface area contributed by atoms with Gasteiger partial charge in [0.05, 0.1) is 10.5 Å². The Morgan fingerprint density at radius 3 is 2.46 bits per heavy atom. The van der Waals surface area contributed by atoms with Crippen LogP contribution < -0.4 is 10.2 Å². The Morgan fingerprint density at radius 2 is 1.88 bits per heavy atom. The van der Waals surface area contributed by atoms with Crippen molar-refractivity contribution in [2.24, 2.45) is 0 Å². The van der Waals surface area contributed by atoms with Crippen LogP contribution >= 0.6 is 0 Å². The van der Waals surface area contributed by atoms with Crippen LogP contribution in [0.4, 0.5) is 11.4 Å². The summed E-state index contributed by atoms with van der Waals surface area (Å²) in [4.78, 5) is 36.7. The predicted octanol–water partition coefficient (Wildman–Crippen LogP) is 2.66. The molecule has 0 radical (unpaired) electrons. The Labute approximate surface area is 152 Å². The number of anilines is 1. The van der Waals surface area contributed by atoms with Crippen LogP contribution in [0.2, 0.25) is 0 Å². The van der Waals surface area contributed by atoms with Crippen molar-refractivity contribution in [3.8, 4) is 0 Å². The number of benzene rings is 1. The first-order chi connectivity index (χ1) is 12.4. The minimum atomic E-state index is -0.755. The van der Waals surface area contributed by atoms with E-state index in [9.17, 15) is 19.7 Å². The van der Waals surface area contributed by atoms with E-state index in [-0.39, 0.29) is 17.3 Å². The Kier molecular flexibility index (Phi) is 6.94. The molecule has 0 spiro atoms. The second-order valence-corrected chi connectivity index (χ2v) is 6.66. The summed E-state index contributed by atoms with van der Waals surface area (Å²) in [5, 5.41) is 14.1. The molecule has 0 aromatic heterocycles. The molecule has 1 fully saturated rings. The van der Waals surface area contributed by atoms with Crippen LogP contribution in [0.5, 0.6) is 0 Å². The van der Waals surface area contributed by atoms with E-state index < -0.39 is 23.4 Å². The van der Waals surface area contributed by atoms with Gasteiger partial charge in [-0.1, -0.05) is 12.8 Å². The molecular weight excluding hydrogens is 338 g/mol. The highest BCUT2D eigenvalue weighted by Crippen LogP contribution is 2.31. The summed E-state index contributed by atoms with van der Waals surface area (Å²) in [5.41, 5.74) is 0.464. The number of rotatable bonds is 6. The molecule has 8 nitrogen and oxygen atoms in total. The van der Waals surface area contributed by atoms with E-state index in [1.54, 1.807) is 19.9 Å². The molecule has 2 rings (SSSR count). The SMILES string of the molecule is CC(C)NC(=O)COC(=O)c1ccc(N2CCCCCC2)c([N+](=O)[O-])c1. The first-order valence-corrected chi connectivity index (χ1v) is 8.88. The zero-order valence-corrected chi connectivity index (χ0v) is 15.2. The molecule has 0 unspecified atom stereocenters. The minimum absolute atomic E-state index is 0.0600. The zero-order valence-electron chi connectivity index (χ0n) is 15.2. The first-order valence-electron chi connectivity index (χ1n) is 8.88. The minimum Gasteiger partial charge on any atom is -0.452 e. The molecule has 26 heavy (non-hydrogen) atoms. The van der Waals surface area contributed by atoms with Gasteiger partial charge in [-0.25, -0.2) is 4.79 Å². The van der Waals surface area contributed by atoms with Crippen molar-refractivity contribution < 1.29 is 19.2 Å². The summed E-state index contributed by atoms with van der Waals surface area (Å²) in [7, 11) is 0. The highest BCUT2D eigenvalue weighted by atomic mass is 16.6. The number of ether oxygens (including phenoxy) is 1. The molecular formula is C18H25N3O5. The highest BCUT2D eigenvalue weighted by molar-refractivity contribution is 5.93. The lowest BCUT2D eigenvalue weighted by Gasteiger charge is -2.22. The maximum absolute atomic E-state index is 12.1. The fourth-order valence-corrected chi connectivity index (χ4v) is 2.95. The first kappa shape index (κ1) is 19.7. The van der Waals surface area contributed by atoms with Gasteiger partial charge in [0, 0.05) is 25.2 Å². The van der Waals surface area contributed by atoms with Crippen molar-refractivity contribution in [3.05, 3.63) is 33.9 Å². The molecule has 1 saturated heterocycles. The topological polar surface area (TPSA) is 102 Å². The number of hydrogen-bond acceptors (Lipinski definition) is 6. The molecule has 1 heterocycles. The number of esters is 1. The van der Waals surface area contributed by atoms with Crippen LogP contribution in [0.1, 0.15) is 49.9 Å². The van der Waals surface area contributed by atoms with Gasteiger partial charge in [0.1, 0.15) is 5.69 Å². The molecule has 1 aromatic rings. The van der Waals surface area contributed by atoms with Crippen molar-refractivity contribution in [1.29, 1.82) is 0 Å². The monoisotopic (exact) mass is 363 g/mol. The third-order valence-electron chi connectivity index (χ3n) is 4.14. The van der Waals surface area contributed by atoms with Crippen LogP contribution in [0, 0.1) is 10.1 Å². The van der Waals surface area contributed by atoms with Crippen LogP contribution in [0.25, 0.3) is 0 Å². The molecule has 142 valence electrons. The maximum Gasteiger partial charge on any atom is 0.338 e. The summed E-state index contributed by atoms with van der Waals surface area (Å²) in [5.74, 6) is -1.17. The van der Waals surface area contributed by atoms with Crippen molar-refractivity contribution in [2.45, 2.75) is 45.6 Å². The fourth-order valence-electron chi connectivity index (χ4n) is 2.95. The maximum atomic E-state index is 12.1. The number of amides is 1. The molecule has 1 aliphatic heterocycles. The van der Waals surface area contributed by atoms with Crippen molar-refractivity contribution in [1.82, 2.24) is 5.32 Å². The normalized spacial score (nSPS) is 14.7. The second kappa shape index (κ2) is 9.17. The van der Waals surface area contributed by atoms with E-state index in [0.717, 1.165) is 38.8 Å². The Morgan fingerprint density at radius 1 is 1.23 bits per heavy atom. The van der Waals surface area contributed by atoms with Gasteiger partial charge in [-0.3, -0.25) is 14.9 Å². The molecule has 1 aromatic carbocycles. The number of nitrogens with one attached hydrogen (secondary N) is 1. The van der Waals surface area contributed by atoms with E-state index in [1.165, 1.54) is 12.1 Å². The largest absolute Gasteiger partial charge is 0.452 e. The van der Waals surface area contributed by atoms with E-state index in [0.29, 0.717) is 5.69 Å². The third-order valence-corrected chi connectivity index (χ3v) is 4.14. The van der Waals surface area contributed by atoms with Gasteiger partial charge in [-0.2, -0.15) is 0 Å². The van der Waals surface area contributed by atoms with Crippen molar-refractivity contribution in [2.75, 3.05) is 24.6 Å². The number of nitro groups is 1. The van der Waals surface area contributed by atoms with E-state index in [4.69, 9.17) is 4.74 Å². The van der Waals surface area contributed by atoms with Gasteiger partial charge in [-0.05, 0) is 38.8 Å². The fraction of sp³-hybridized carbons (Fsp3) is 0.556. The van der Waals surface area contributed by atoms with Crippen LogP contribution in [-0.4, -0.2) is 42.5 Å². The molecule has 0 atom stereocenters. The van der Waals surface area contributed by atoms with Gasteiger partial charge in [0.15, 0.2) is 6.61 Å². The summed E-state index contributed by atoms with van der Waals surface area (Å²) < 4.78 is 4.94. The Bertz CT molecular complexity index is 667. The smallest absolute Gasteiger partial charge is 0.338 e. The molecule has 1 aliphatic rings. The molecule has 8 heteroatoms. The molecule has 0 saturated carbocycles. The molecule has 1 N–H and O–H groups in total. The van der Waals surface area contributed by atoms with Crippen LogP contribution in [0.15, 0.2) is 18.2 Å². The predicted molar refractivity (Wildman–Crippen MR) is 97.3 cm³/mol. The summed E-state index contributed by atoms with van der Waals surface area (Å²) in [6.07, 6.45) is 4.22. The quantitative estimate of drug-likeness (QED) is 0.474. The highest BCUT2D eigenvalue weighted by Gasteiger charge is 2.23. The Balaban J connectivity index is 2.12. The summed E-state index contributed by atoms with van der Waals surface area (Å²) >= 11 is 0. The standard InChI is InChI=1S/C18H25N3O5/c1-13(2)19-17(22)12-26-18(23)14-7-8-15(16(11-14)21(24)25)20-9-5-3-4-6-10-20/h7-8,11,13H,3-6,9-10,12H2,1-2H3,(H,19,22). The van der Waals surface area contributed by atoms with Gasteiger partial charge >= 0.3 is 5.97 Å². The van der Waals surface area contributed by atoms with Crippen LogP contribution in [-0.2, 0) is 9.53 Å². The van der Waals surface area contributed by atoms with E-state index in [1.807, 2.05) is 4.90 Å². The molecule has 1 amide bonds. The van der Waals surface area contributed by atoms with Gasteiger partial charge in [-0.15, -0.1) is 0 Å². The van der Waals surface area contributed by atoms with E-state index in [2.05, 4.69) is 5.32 Å². The van der Waals surface area contributed by atoms with Gasteiger partial charge in [0.2, 0.25) is 0 Å². The Hall–Kier alpha value is -2.64. The van der Waals surface area contributed by atoms with Crippen molar-refractivity contribution in [3.63, 3.8) is 0 Å². The van der Waals surface area contributed by atoms with Crippen LogP contribution in [0.3, 0.4) is 0 Å². The zero-order chi connectivity index (χ0) is 19.1. The lowest BCUT2D eigenvalue weighted by molar-refractivity contribution is -0.384. The number of carbonyl (C=O) groups excluding carboxylic acids is 2. The third kappa shape index (κ3) is 5.44. The lowest BCUT2D eigenvalue weighted by atomic mass is 10.1. The second-order valence-electron chi connectivity index (χ2n) is 6.66. The van der Waals surface area contributed by atoms with Gasteiger partial charge < -0.3 is 15.0 Å². The number of nitrogens with zero attached hydrogens (tertiary/aromatic N) is 2. The number of carbonyl (C=O) groups is 2. The molecule has 0 aliphatic carbocycles. The molecule has 0 bridgehead atoms. The summed E-state index contributed by atoms with van der Waals surface area (Å²) in [6, 6.07) is 4.27. The van der Waals surface area contributed by atoms with E-state index >= 15 is 0 Å². The summed E-state index contributed by atoms with van der Waals surface area (Å²) in [6.45, 7) is 4.70.